The number of halogens is 3. The zero-order valence-corrected chi connectivity index (χ0v) is 18.4. The van der Waals surface area contributed by atoms with Gasteiger partial charge in [0, 0.05) is 11.1 Å². The van der Waals surface area contributed by atoms with E-state index in [1.807, 2.05) is 0 Å². The monoisotopic (exact) mass is 480 g/mol. The van der Waals surface area contributed by atoms with Gasteiger partial charge < -0.3 is 10.1 Å². The Hall–Kier alpha value is -3.01. The lowest BCUT2D eigenvalue weighted by atomic mass is 10.1. The third kappa shape index (κ3) is 5.82. The fourth-order valence-electron chi connectivity index (χ4n) is 2.96. The number of carbonyl (C=O) groups is 1. The number of ether oxygens (including phenoxy) is 1. The minimum Gasteiger partial charge on any atom is -0.495 e. The number of methoxy groups -OCH3 is 1. The van der Waals surface area contributed by atoms with E-state index in [9.17, 15) is 22.0 Å². The molecule has 0 unspecified atom stereocenters. The average molecular weight is 481 g/mol. The molecular weight excluding hydrogens is 462 g/mol. The molecule has 0 spiro atoms. The molecule has 0 aliphatic heterocycles. The lowest BCUT2D eigenvalue weighted by Crippen LogP contribution is -2.45. The van der Waals surface area contributed by atoms with Gasteiger partial charge in [0.25, 0.3) is 0 Å². The second-order valence-electron chi connectivity index (χ2n) is 6.77. The van der Waals surface area contributed by atoms with Crippen molar-refractivity contribution in [1.29, 1.82) is 0 Å². The van der Waals surface area contributed by atoms with Crippen molar-refractivity contribution in [3.05, 3.63) is 89.0 Å². The van der Waals surface area contributed by atoms with E-state index in [0.29, 0.717) is 5.56 Å². The highest BCUT2D eigenvalue weighted by molar-refractivity contribution is 7.89. The SMILES string of the molecule is COc1ccc(Cl)cc1S(=O)(=O)N[C@@H](Cc1ccccc1)C(=O)Nc1cc(F)ccc1F. The molecule has 0 saturated carbocycles. The van der Waals surface area contributed by atoms with Crippen molar-refractivity contribution in [3.63, 3.8) is 0 Å². The predicted octanol–water partition coefficient (Wildman–Crippen LogP) is 4.16. The largest absolute Gasteiger partial charge is 0.495 e. The predicted molar refractivity (Wildman–Crippen MR) is 117 cm³/mol. The topological polar surface area (TPSA) is 84.5 Å². The van der Waals surface area contributed by atoms with Gasteiger partial charge in [-0.3, -0.25) is 4.79 Å². The molecule has 3 aromatic rings. The van der Waals surface area contributed by atoms with E-state index < -0.39 is 39.3 Å². The van der Waals surface area contributed by atoms with Crippen molar-refractivity contribution in [2.24, 2.45) is 0 Å². The first-order valence-corrected chi connectivity index (χ1v) is 11.2. The Morgan fingerprint density at radius 3 is 2.47 bits per heavy atom. The lowest BCUT2D eigenvalue weighted by molar-refractivity contribution is -0.117. The van der Waals surface area contributed by atoms with Crippen molar-refractivity contribution in [2.45, 2.75) is 17.4 Å². The van der Waals surface area contributed by atoms with Crippen LogP contribution in [-0.4, -0.2) is 27.5 Å². The summed E-state index contributed by atoms with van der Waals surface area (Å²) in [6.07, 6.45) is -0.0499. The van der Waals surface area contributed by atoms with Crippen molar-refractivity contribution < 1.29 is 26.7 Å². The molecule has 0 aliphatic carbocycles. The zero-order valence-electron chi connectivity index (χ0n) is 16.8. The van der Waals surface area contributed by atoms with Gasteiger partial charge in [-0.15, -0.1) is 0 Å². The van der Waals surface area contributed by atoms with E-state index in [2.05, 4.69) is 10.0 Å². The molecule has 1 amide bonds. The van der Waals surface area contributed by atoms with Gasteiger partial charge in [-0.25, -0.2) is 17.2 Å². The summed E-state index contributed by atoms with van der Waals surface area (Å²) in [5.41, 5.74) is 0.237. The Kier molecular flexibility index (Phi) is 7.44. The van der Waals surface area contributed by atoms with Crippen LogP contribution in [0.25, 0.3) is 0 Å². The van der Waals surface area contributed by atoms with Gasteiger partial charge in [-0.05, 0) is 42.3 Å². The maximum Gasteiger partial charge on any atom is 0.245 e. The lowest BCUT2D eigenvalue weighted by Gasteiger charge is -2.20. The first-order valence-electron chi connectivity index (χ1n) is 9.35. The zero-order chi connectivity index (χ0) is 23.3. The standard InChI is InChI=1S/C22H19ClF2N2O4S/c1-31-20-10-7-15(23)12-21(20)32(29,30)27-19(11-14-5-3-2-4-6-14)22(28)26-18-13-16(24)8-9-17(18)25/h2-10,12-13,19,27H,11H2,1H3,(H,26,28)/t19-/m0/s1. The number of carbonyl (C=O) groups excluding carboxylic acids is 1. The molecule has 0 aliphatic rings. The van der Waals surface area contributed by atoms with Gasteiger partial charge in [-0.2, -0.15) is 4.72 Å². The third-order valence-electron chi connectivity index (χ3n) is 4.50. The van der Waals surface area contributed by atoms with Crippen LogP contribution in [0.3, 0.4) is 0 Å². The van der Waals surface area contributed by atoms with Crippen molar-refractivity contribution in [3.8, 4) is 5.75 Å². The number of rotatable bonds is 8. The number of hydrogen-bond acceptors (Lipinski definition) is 4. The van der Waals surface area contributed by atoms with Crippen LogP contribution >= 0.6 is 11.6 Å². The van der Waals surface area contributed by atoms with E-state index in [0.717, 1.165) is 18.2 Å². The van der Waals surface area contributed by atoms with Gasteiger partial charge in [0.05, 0.1) is 12.8 Å². The molecule has 3 aromatic carbocycles. The van der Waals surface area contributed by atoms with E-state index in [4.69, 9.17) is 16.3 Å². The molecule has 0 fully saturated rings. The molecule has 32 heavy (non-hydrogen) atoms. The summed E-state index contributed by atoms with van der Waals surface area (Å²) < 4.78 is 61.1. The highest BCUT2D eigenvalue weighted by atomic mass is 35.5. The van der Waals surface area contributed by atoms with Crippen molar-refractivity contribution in [2.75, 3.05) is 12.4 Å². The van der Waals surface area contributed by atoms with Gasteiger partial charge >= 0.3 is 0 Å². The maximum atomic E-state index is 14.0. The quantitative estimate of drug-likeness (QED) is 0.507. The molecular formula is C22H19ClF2N2O4S. The summed E-state index contributed by atoms with van der Waals surface area (Å²) in [6, 6.07) is 13.9. The molecule has 10 heteroatoms. The Bertz CT molecular complexity index is 1220. The average Bonchev–Trinajstić information content (AvgIpc) is 2.76. The van der Waals surface area contributed by atoms with E-state index in [-0.39, 0.29) is 22.1 Å². The molecule has 6 nitrogen and oxygen atoms in total. The highest BCUT2D eigenvalue weighted by Gasteiger charge is 2.29. The fraction of sp³-hybridized carbons (Fsp3) is 0.136. The third-order valence-corrected chi connectivity index (χ3v) is 6.23. The maximum absolute atomic E-state index is 14.0. The van der Waals surface area contributed by atoms with Gasteiger partial charge in [0.2, 0.25) is 15.9 Å². The summed E-state index contributed by atoms with van der Waals surface area (Å²) in [5, 5.41) is 2.40. The van der Waals surface area contributed by atoms with Gasteiger partial charge in [0.15, 0.2) is 0 Å². The number of benzene rings is 3. The number of amides is 1. The summed E-state index contributed by atoms with van der Waals surface area (Å²) >= 11 is 5.94. The number of sulfonamides is 1. The molecule has 0 radical (unpaired) electrons. The summed E-state index contributed by atoms with van der Waals surface area (Å²) in [4.78, 5) is 12.7. The molecule has 0 heterocycles. The molecule has 0 bridgehead atoms. The molecule has 0 aromatic heterocycles. The first kappa shape index (κ1) is 23.6. The smallest absolute Gasteiger partial charge is 0.245 e. The van der Waals surface area contributed by atoms with Crippen LogP contribution in [-0.2, 0) is 21.2 Å². The molecule has 0 saturated heterocycles. The Balaban J connectivity index is 1.95. The Labute approximate surface area is 189 Å². The molecule has 168 valence electrons. The minimum absolute atomic E-state index is 0.0249. The normalized spacial score (nSPS) is 12.2. The number of anilines is 1. The molecule has 1 atom stereocenters. The van der Waals surface area contributed by atoms with Crippen LogP contribution in [0.5, 0.6) is 5.75 Å². The van der Waals surface area contributed by atoms with E-state index >= 15 is 0 Å². The Morgan fingerprint density at radius 1 is 1.06 bits per heavy atom. The number of hydrogen-bond donors (Lipinski definition) is 2. The number of nitrogens with one attached hydrogen (secondary N) is 2. The van der Waals surface area contributed by atoms with Crippen LogP contribution in [0, 0.1) is 11.6 Å². The van der Waals surface area contributed by atoms with Gasteiger partial charge in [-0.1, -0.05) is 41.9 Å². The van der Waals surface area contributed by atoms with Crippen LogP contribution in [0.4, 0.5) is 14.5 Å². The van der Waals surface area contributed by atoms with Crippen molar-refractivity contribution >= 4 is 33.2 Å². The van der Waals surface area contributed by atoms with E-state index in [1.165, 1.54) is 25.3 Å². The second kappa shape index (κ2) is 10.1. The van der Waals surface area contributed by atoms with Crippen LogP contribution in [0.15, 0.2) is 71.6 Å². The molecule has 2 N–H and O–H groups in total. The highest BCUT2D eigenvalue weighted by Crippen LogP contribution is 2.27. The summed E-state index contributed by atoms with van der Waals surface area (Å²) in [7, 11) is -2.99. The van der Waals surface area contributed by atoms with Gasteiger partial charge in [0.1, 0.15) is 28.3 Å². The van der Waals surface area contributed by atoms with E-state index in [1.54, 1.807) is 30.3 Å². The van der Waals surface area contributed by atoms with Crippen LogP contribution < -0.4 is 14.8 Å². The van der Waals surface area contributed by atoms with Crippen LogP contribution in [0.1, 0.15) is 5.56 Å². The van der Waals surface area contributed by atoms with Crippen molar-refractivity contribution in [1.82, 2.24) is 4.72 Å². The summed E-state index contributed by atoms with van der Waals surface area (Å²) in [6.45, 7) is 0. The second-order valence-corrected chi connectivity index (χ2v) is 8.89. The first-order chi connectivity index (χ1) is 15.2. The minimum atomic E-state index is -4.29. The molecule has 3 rings (SSSR count). The van der Waals surface area contributed by atoms with Crippen LogP contribution in [0.2, 0.25) is 5.02 Å². The summed E-state index contributed by atoms with van der Waals surface area (Å²) in [5.74, 6) is -2.47. The Morgan fingerprint density at radius 2 is 1.78 bits per heavy atom. The fourth-order valence-corrected chi connectivity index (χ4v) is 4.59.